The lowest BCUT2D eigenvalue weighted by Gasteiger charge is -2.08. The number of pyridine rings is 3. The van der Waals surface area contributed by atoms with E-state index in [-0.39, 0.29) is 0 Å². The third-order valence-corrected chi connectivity index (χ3v) is 9.17. The van der Waals surface area contributed by atoms with Gasteiger partial charge in [-0.05, 0) is 77.8 Å². The molecule has 0 atom stereocenters. The van der Waals surface area contributed by atoms with Crippen LogP contribution in [0.15, 0.2) is 129 Å². The molecule has 0 aliphatic rings. The molecular weight excluding hydrogens is 679 g/mol. The number of hydrogen-bond donors (Lipinski definition) is 0. The summed E-state index contributed by atoms with van der Waals surface area (Å²) < 4.78 is 6.15. The second-order valence-electron chi connectivity index (χ2n) is 15.1. The van der Waals surface area contributed by atoms with Gasteiger partial charge in [0.15, 0.2) is 0 Å². The molecule has 0 saturated heterocycles. The maximum Gasteiger partial charge on any atom is 0.0990 e. The molecule has 0 saturated carbocycles. The summed E-state index contributed by atoms with van der Waals surface area (Å²) in [6, 6.07) is 17.2. The van der Waals surface area contributed by atoms with Gasteiger partial charge >= 0.3 is 0 Å². The Bertz CT molecular complexity index is 2200. The number of fused-ring (bicyclic) bond motifs is 3. The summed E-state index contributed by atoms with van der Waals surface area (Å²) in [5, 5.41) is 3.77. The van der Waals surface area contributed by atoms with Gasteiger partial charge in [-0.3, -0.25) is 15.0 Å². The molecular formula is C46H59N9. The molecule has 0 aliphatic heterocycles. The lowest BCUT2D eigenvalue weighted by atomic mass is 9.99. The van der Waals surface area contributed by atoms with Crippen LogP contribution in [0.1, 0.15) is 121 Å². The number of aryl methyl sites for hydroxylation is 1. The minimum atomic E-state index is 0.500. The standard InChI is InChI=1S/C12H13N.C11H12N2.C10H12N2.C7H12N2.C6H10N2/c1-9(2)12-8-13-7-10-5-3-4-6-11(10)12;1-8(2)10-6-12-7-11-9(10)4-3-5-13-11;1-8(2)9-6-11-7-12-5-3-4-10(9)12;1-6(2)7-4-8-5-9(7)3;1-6(2)8-4-3-7-5-8/h3-9H,1-2H3;3-8H,1-2H3;3-8H,1-2H3;4-6H,1-3H3;3-6H,1-2H3. The van der Waals surface area contributed by atoms with Gasteiger partial charge in [-0.1, -0.05) is 85.7 Å². The Hall–Kier alpha value is -5.70. The molecule has 8 aromatic rings. The number of imidazole rings is 2. The molecule has 0 bridgehead atoms. The highest BCUT2D eigenvalue weighted by Crippen LogP contribution is 2.24. The first-order valence-electron chi connectivity index (χ1n) is 19.2. The van der Waals surface area contributed by atoms with Gasteiger partial charge in [0.25, 0.3) is 0 Å². The smallest absolute Gasteiger partial charge is 0.0990 e. The van der Waals surface area contributed by atoms with Crippen molar-refractivity contribution in [1.29, 1.82) is 0 Å². The Kier molecular flexibility index (Phi) is 15.8. The second-order valence-corrected chi connectivity index (χ2v) is 15.1. The van der Waals surface area contributed by atoms with Crippen LogP contribution in [-0.2, 0) is 7.05 Å². The Morgan fingerprint density at radius 1 is 0.491 bits per heavy atom. The molecule has 55 heavy (non-hydrogen) atoms. The topological polar surface area (TPSA) is 91.6 Å². The van der Waals surface area contributed by atoms with Gasteiger partial charge in [0.1, 0.15) is 0 Å². The maximum absolute atomic E-state index is 4.26. The largest absolute Gasteiger partial charge is 0.337 e. The Labute approximate surface area is 327 Å². The van der Waals surface area contributed by atoms with Crippen molar-refractivity contribution in [3.8, 4) is 0 Å². The molecule has 0 radical (unpaired) electrons. The van der Waals surface area contributed by atoms with E-state index in [4.69, 9.17) is 0 Å². The van der Waals surface area contributed by atoms with Crippen LogP contribution in [0.2, 0.25) is 0 Å². The fourth-order valence-corrected chi connectivity index (χ4v) is 6.02. The predicted octanol–water partition coefficient (Wildman–Crippen LogP) is 11.6. The van der Waals surface area contributed by atoms with Crippen molar-refractivity contribution in [2.45, 2.75) is 99.0 Å². The quantitative estimate of drug-likeness (QED) is 0.175. The van der Waals surface area contributed by atoms with Gasteiger partial charge in [-0.15, -0.1) is 0 Å². The fourth-order valence-electron chi connectivity index (χ4n) is 6.02. The van der Waals surface area contributed by atoms with Crippen molar-refractivity contribution in [2.75, 3.05) is 0 Å². The number of nitrogens with zero attached hydrogens (tertiary/aromatic N) is 9. The van der Waals surface area contributed by atoms with E-state index in [9.17, 15) is 0 Å². The lowest BCUT2D eigenvalue weighted by Crippen LogP contribution is -1.95. The Balaban J connectivity index is 0.000000155. The van der Waals surface area contributed by atoms with Gasteiger partial charge in [0, 0.05) is 85.3 Å². The zero-order valence-corrected chi connectivity index (χ0v) is 34.5. The third kappa shape index (κ3) is 11.9. The molecule has 9 heteroatoms. The van der Waals surface area contributed by atoms with Crippen LogP contribution < -0.4 is 0 Å². The second kappa shape index (κ2) is 20.7. The SMILES string of the molecule is CC(C)c1cncc2ccccc12.CC(C)c1cncc2ncccc12.CC(C)c1cncn1C.CC(C)c1cncn2cccc12.CC(C)n1ccnc1. The average Bonchev–Trinajstić information content (AvgIpc) is 3.98. The van der Waals surface area contributed by atoms with E-state index in [0.29, 0.717) is 29.7 Å². The molecule has 288 valence electrons. The number of benzene rings is 1. The predicted molar refractivity (Wildman–Crippen MR) is 229 cm³/mol. The lowest BCUT2D eigenvalue weighted by molar-refractivity contribution is 0.600. The van der Waals surface area contributed by atoms with Crippen LogP contribution in [0.4, 0.5) is 0 Å². The van der Waals surface area contributed by atoms with Crippen LogP contribution in [-0.4, -0.2) is 43.4 Å². The van der Waals surface area contributed by atoms with E-state index in [2.05, 4.69) is 138 Å². The van der Waals surface area contributed by atoms with Crippen LogP contribution in [0.25, 0.3) is 27.2 Å². The summed E-state index contributed by atoms with van der Waals surface area (Å²) >= 11 is 0. The highest BCUT2D eigenvalue weighted by molar-refractivity contribution is 5.85. The normalized spacial score (nSPS) is 10.9. The molecule has 0 aliphatic carbocycles. The molecule has 1 aromatic carbocycles. The highest BCUT2D eigenvalue weighted by Gasteiger charge is 2.06. The van der Waals surface area contributed by atoms with Crippen LogP contribution in [0, 0.1) is 0 Å². The van der Waals surface area contributed by atoms with E-state index >= 15 is 0 Å². The summed E-state index contributed by atoms with van der Waals surface area (Å²) in [5.41, 5.74) is 7.44. The molecule has 0 fully saturated rings. The molecule has 0 unspecified atom stereocenters. The summed E-state index contributed by atoms with van der Waals surface area (Å²) in [6.07, 6.45) is 24.5. The van der Waals surface area contributed by atoms with Crippen molar-refractivity contribution in [1.82, 2.24) is 43.4 Å². The molecule has 7 aromatic heterocycles. The van der Waals surface area contributed by atoms with Crippen molar-refractivity contribution in [3.63, 3.8) is 0 Å². The van der Waals surface area contributed by atoms with E-state index < -0.39 is 0 Å². The van der Waals surface area contributed by atoms with Crippen molar-refractivity contribution in [3.05, 3.63) is 152 Å². The van der Waals surface area contributed by atoms with E-state index in [1.54, 1.807) is 18.6 Å². The summed E-state index contributed by atoms with van der Waals surface area (Å²) in [7, 11) is 2.02. The van der Waals surface area contributed by atoms with Crippen molar-refractivity contribution in [2.24, 2.45) is 7.05 Å². The minimum Gasteiger partial charge on any atom is -0.337 e. The summed E-state index contributed by atoms with van der Waals surface area (Å²) in [6.45, 7) is 21.7. The van der Waals surface area contributed by atoms with Crippen LogP contribution in [0.5, 0.6) is 0 Å². The number of rotatable bonds is 5. The van der Waals surface area contributed by atoms with E-state index in [1.807, 2.05) is 92.2 Å². The van der Waals surface area contributed by atoms with Gasteiger partial charge in [0.2, 0.25) is 0 Å². The Morgan fingerprint density at radius 3 is 1.71 bits per heavy atom. The molecule has 0 N–H and O–H groups in total. The number of aromatic nitrogens is 9. The minimum absolute atomic E-state index is 0.500. The third-order valence-electron chi connectivity index (χ3n) is 9.17. The molecule has 8 rings (SSSR count). The first-order valence-corrected chi connectivity index (χ1v) is 19.2. The van der Waals surface area contributed by atoms with Gasteiger partial charge in [-0.25, -0.2) is 15.0 Å². The van der Waals surface area contributed by atoms with Gasteiger partial charge < -0.3 is 13.5 Å². The Morgan fingerprint density at radius 2 is 1.13 bits per heavy atom. The van der Waals surface area contributed by atoms with Crippen molar-refractivity contribution < 1.29 is 0 Å². The van der Waals surface area contributed by atoms with Crippen LogP contribution in [0.3, 0.4) is 0 Å². The van der Waals surface area contributed by atoms with E-state index in [1.165, 1.54) is 44.1 Å². The highest BCUT2D eigenvalue weighted by atomic mass is 15.0. The average molecular weight is 738 g/mol. The molecule has 0 spiro atoms. The van der Waals surface area contributed by atoms with E-state index in [0.717, 1.165) is 5.52 Å². The molecule has 9 nitrogen and oxygen atoms in total. The van der Waals surface area contributed by atoms with Gasteiger partial charge in [0.05, 0.1) is 36.2 Å². The molecule has 7 heterocycles. The van der Waals surface area contributed by atoms with Crippen molar-refractivity contribution >= 4 is 27.2 Å². The van der Waals surface area contributed by atoms with Gasteiger partial charge in [-0.2, -0.15) is 0 Å². The van der Waals surface area contributed by atoms with Crippen LogP contribution >= 0.6 is 0 Å². The zero-order valence-electron chi connectivity index (χ0n) is 34.5. The summed E-state index contributed by atoms with van der Waals surface area (Å²) in [4.78, 5) is 24.7. The molecule has 0 amide bonds. The summed E-state index contributed by atoms with van der Waals surface area (Å²) in [5.74, 6) is 2.16. The zero-order chi connectivity index (χ0) is 39.9. The number of hydrogen-bond acceptors (Lipinski definition) is 6. The first kappa shape index (κ1) is 42.0. The first-order chi connectivity index (χ1) is 26.4. The maximum atomic E-state index is 4.26. The fraction of sp³-hybridized carbons (Fsp3) is 0.348. The monoisotopic (exact) mass is 737 g/mol.